The summed E-state index contributed by atoms with van der Waals surface area (Å²) in [6.45, 7) is 2.30. The van der Waals surface area contributed by atoms with Gasteiger partial charge in [0.1, 0.15) is 16.5 Å². The Morgan fingerprint density at radius 2 is 1.64 bits per heavy atom. The van der Waals surface area contributed by atoms with Crippen LogP contribution >= 0.6 is 11.3 Å². The number of benzene rings is 2. The van der Waals surface area contributed by atoms with E-state index < -0.39 is 5.91 Å². The standard InChI is InChI=1S/C21H20N2O4S/c1-2-26-15-8-10-16(11-9-15)27-13-19(24)23-21-17(20(22)25)12-18(28-21)14-6-4-3-5-7-14/h3-12H,2,13H2,1H3,(H2,22,25)(H,23,24). The van der Waals surface area contributed by atoms with Crippen LogP contribution in [0.1, 0.15) is 17.3 Å². The maximum absolute atomic E-state index is 12.3. The largest absolute Gasteiger partial charge is 0.494 e. The molecule has 0 saturated heterocycles. The Morgan fingerprint density at radius 3 is 2.25 bits per heavy atom. The van der Waals surface area contributed by atoms with Crippen molar-refractivity contribution < 1.29 is 19.1 Å². The zero-order valence-electron chi connectivity index (χ0n) is 15.3. The highest BCUT2D eigenvalue weighted by molar-refractivity contribution is 7.20. The smallest absolute Gasteiger partial charge is 0.262 e. The van der Waals surface area contributed by atoms with Crippen LogP contribution in [0, 0.1) is 0 Å². The van der Waals surface area contributed by atoms with Gasteiger partial charge in [-0.15, -0.1) is 11.3 Å². The number of carbonyl (C=O) groups excluding carboxylic acids is 2. The second kappa shape index (κ2) is 9.05. The minimum absolute atomic E-state index is 0.190. The Hall–Kier alpha value is -3.32. The van der Waals surface area contributed by atoms with Crippen LogP contribution in [-0.2, 0) is 4.79 Å². The number of nitrogens with one attached hydrogen (secondary N) is 1. The molecule has 0 aliphatic heterocycles. The summed E-state index contributed by atoms with van der Waals surface area (Å²) in [6, 6.07) is 18.3. The molecule has 6 nitrogen and oxygen atoms in total. The number of nitrogens with two attached hydrogens (primary N) is 1. The number of hydrogen-bond acceptors (Lipinski definition) is 5. The normalized spacial score (nSPS) is 10.3. The van der Waals surface area contributed by atoms with Crippen molar-refractivity contribution in [3.05, 3.63) is 66.2 Å². The van der Waals surface area contributed by atoms with Crippen molar-refractivity contribution in [1.29, 1.82) is 0 Å². The van der Waals surface area contributed by atoms with Crippen molar-refractivity contribution in [1.82, 2.24) is 0 Å². The van der Waals surface area contributed by atoms with Gasteiger partial charge in [-0.3, -0.25) is 9.59 Å². The van der Waals surface area contributed by atoms with E-state index in [-0.39, 0.29) is 18.1 Å². The van der Waals surface area contributed by atoms with Gasteiger partial charge in [-0.25, -0.2) is 0 Å². The monoisotopic (exact) mass is 396 g/mol. The van der Waals surface area contributed by atoms with Crippen molar-refractivity contribution >= 4 is 28.2 Å². The second-order valence-electron chi connectivity index (χ2n) is 5.82. The van der Waals surface area contributed by atoms with Gasteiger partial charge in [0.15, 0.2) is 6.61 Å². The summed E-state index contributed by atoms with van der Waals surface area (Å²) >= 11 is 1.29. The third kappa shape index (κ3) is 4.89. The summed E-state index contributed by atoms with van der Waals surface area (Å²) in [5.41, 5.74) is 6.68. The first-order valence-electron chi connectivity index (χ1n) is 8.71. The van der Waals surface area contributed by atoms with Crippen LogP contribution in [-0.4, -0.2) is 25.0 Å². The van der Waals surface area contributed by atoms with Crippen molar-refractivity contribution in [3.63, 3.8) is 0 Å². The Labute approximate surface area is 166 Å². The quantitative estimate of drug-likeness (QED) is 0.604. The average Bonchev–Trinajstić information content (AvgIpc) is 3.12. The number of primary amides is 1. The molecular weight excluding hydrogens is 376 g/mol. The van der Waals surface area contributed by atoms with Crippen molar-refractivity contribution in [2.45, 2.75) is 6.92 Å². The van der Waals surface area contributed by atoms with Gasteiger partial charge >= 0.3 is 0 Å². The van der Waals surface area contributed by atoms with Crippen LogP contribution in [0.25, 0.3) is 10.4 Å². The predicted molar refractivity (Wildman–Crippen MR) is 110 cm³/mol. The molecule has 1 heterocycles. The highest BCUT2D eigenvalue weighted by Crippen LogP contribution is 2.35. The zero-order chi connectivity index (χ0) is 19.9. The molecule has 1 aromatic heterocycles. The van der Waals surface area contributed by atoms with Gasteiger partial charge in [0.05, 0.1) is 12.2 Å². The number of hydrogen-bond donors (Lipinski definition) is 2. The average molecular weight is 396 g/mol. The third-order valence-corrected chi connectivity index (χ3v) is 4.91. The highest BCUT2D eigenvalue weighted by Gasteiger charge is 2.17. The van der Waals surface area contributed by atoms with Crippen LogP contribution in [0.15, 0.2) is 60.7 Å². The molecule has 0 unspecified atom stereocenters. The molecule has 28 heavy (non-hydrogen) atoms. The summed E-state index contributed by atoms with van der Waals surface area (Å²) < 4.78 is 10.8. The molecule has 2 amide bonds. The summed E-state index contributed by atoms with van der Waals surface area (Å²) in [5, 5.41) is 3.12. The first kappa shape index (κ1) is 19.4. The molecule has 0 aliphatic rings. The third-order valence-electron chi connectivity index (χ3n) is 3.81. The lowest BCUT2D eigenvalue weighted by atomic mass is 10.1. The van der Waals surface area contributed by atoms with Crippen LogP contribution in [0.3, 0.4) is 0 Å². The highest BCUT2D eigenvalue weighted by atomic mass is 32.1. The molecule has 2 aromatic carbocycles. The molecule has 0 radical (unpaired) electrons. The van der Waals surface area contributed by atoms with Crippen LogP contribution in [0.5, 0.6) is 11.5 Å². The Bertz CT molecular complexity index is 952. The number of thiophene rings is 1. The van der Waals surface area contributed by atoms with Gasteiger partial charge in [-0.2, -0.15) is 0 Å². The van der Waals surface area contributed by atoms with Gasteiger partial charge in [-0.05, 0) is 42.8 Å². The minimum atomic E-state index is -0.596. The fraction of sp³-hybridized carbons (Fsp3) is 0.143. The van der Waals surface area contributed by atoms with E-state index in [0.717, 1.165) is 16.2 Å². The molecule has 0 fully saturated rings. The topological polar surface area (TPSA) is 90.7 Å². The summed E-state index contributed by atoms with van der Waals surface area (Å²) in [5.74, 6) is 0.307. The maximum atomic E-state index is 12.3. The lowest BCUT2D eigenvalue weighted by molar-refractivity contribution is -0.118. The van der Waals surface area contributed by atoms with E-state index in [1.807, 2.05) is 37.3 Å². The minimum Gasteiger partial charge on any atom is -0.494 e. The van der Waals surface area contributed by atoms with Gasteiger partial charge in [-0.1, -0.05) is 30.3 Å². The molecule has 0 bridgehead atoms. The van der Waals surface area contributed by atoms with Crippen LogP contribution < -0.4 is 20.5 Å². The Morgan fingerprint density at radius 1 is 1.00 bits per heavy atom. The van der Waals surface area contributed by atoms with E-state index in [1.54, 1.807) is 30.3 Å². The number of carbonyl (C=O) groups is 2. The molecular formula is C21H20N2O4S. The van der Waals surface area contributed by atoms with Crippen molar-refractivity contribution in [2.75, 3.05) is 18.5 Å². The molecule has 0 aliphatic carbocycles. The molecule has 7 heteroatoms. The lowest BCUT2D eigenvalue weighted by Crippen LogP contribution is -2.21. The maximum Gasteiger partial charge on any atom is 0.262 e. The van der Waals surface area contributed by atoms with Gasteiger partial charge in [0, 0.05) is 4.88 Å². The van der Waals surface area contributed by atoms with E-state index in [2.05, 4.69) is 5.32 Å². The molecule has 0 saturated carbocycles. The Kier molecular flexibility index (Phi) is 6.29. The van der Waals surface area contributed by atoms with E-state index in [1.165, 1.54) is 11.3 Å². The fourth-order valence-electron chi connectivity index (χ4n) is 2.52. The van der Waals surface area contributed by atoms with Crippen molar-refractivity contribution in [2.24, 2.45) is 5.73 Å². The Balaban J connectivity index is 1.66. The summed E-state index contributed by atoms with van der Waals surface area (Å²) in [6.07, 6.45) is 0. The number of amides is 2. The first-order valence-corrected chi connectivity index (χ1v) is 9.53. The van der Waals surface area contributed by atoms with Gasteiger partial charge in [0.2, 0.25) is 0 Å². The van der Waals surface area contributed by atoms with Gasteiger partial charge in [0.25, 0.3) is 11.8 Å². The summed E-state index contributed by atoms with van der Waals surface area (Å²) in [4.78, 5) is 24.9. The first-order chi connectivity index (χ1) is 13.6. The number of ether oxygens (including phenoxy) is 2. The van der Waals surface area contributed by atoms with Crippen LogP contribution in [0.2, 0.25) is 0 Å². The second-order valence-corrected chi connectivity index (χ2v) is 6.88. The van der Waals surface area contributed by atoms with E-state index in [4.69, 9.17) is 15.2 Å². The fourth-order valence-corrected chi connectivity index (χ4v) is 3.61. The molecule has 3 rings (SSSR count). The zero-order valence-corrected chi connectivity index (χ0v) is 16.1. The molecule has 3 N–H and O–H groups in total. The predicted octanol–water partition coefficient (Wildman–Crippen LogP) is 3.93. The molecule has 0 atom stereocenters. The van der Waals surface area contributed by atoms with E-state index >= 15 is 0 Å². The molecule has 0 spiro atoms. The SMILES string of the molecule is CCOc1ccc(OCC(=O)Nc2sc(-c3ccccc3)cc2C(N)=O)cc1. The van der Waals surface area contributed by atoms with Crippen molar-refractivity contribution in [3.8, 4) is 21.9 Å². The van der Waals surface area contributed by atoms with E-state index in [0.29, 0.717) is 17.4 Å². The number of anilines is 1. The van der Waals surface area contributed by atoms with E-state index in [9.17, 15) is 9.59 Å². The van der Waals surface area contributed by atoms with Gasteiger partial charge < -0.3 is 20.5 Å². The summed E-state index contributed by atoms with van der Waals surface area (Å²) in [7, 11) is 0. The van der Waals surface area contributed by atoms with Crippen LogP contribution in [0.4, 0.5) is 5.00 Å². The lowest BCUT2D eigenvalue weighted by Gasteiger charge is -2.08. The molecule has 3 aromatic rings. The number of rotatable bonds is 8. The molecule has 144 valence electrons.